The molecule has 2 atom stereocenters. The molecule has 2 unspecified atom stereocenters. The lowest BCUT2D eigenvalue weighted by atomic mass is 9.79. The number of aliphatic hydroxyl groups excluding tert-OH is 1. The van der Waals surface area contributed by atoms with E-state index in [0.717, 1.165) is 6.42 Å². The van der Waals surface area contributed by atoms with Gasteiger partial charge in [-0.15, -0.1) is 0 Å². The number of nitrogens with two attached hydrogens (primary N) is 1. The SMILES string of the molecule is CC(O)C(C)(CN)Cc1ccc(I)cc1. The zero-order valence-electron chi connectivity index (χ0n) is 9.20. The molecular formula is C12H18INO. The van der Waals surface area contributed by atoms with Crippen molar-refractivity contribution in [3.63, 3.8) is 0 Å². The summed E-state index contributed by atoms with van der Waals surface area (Å²) in [5.41, 5.74) is 6.72. The zero-order chi connectivity index (χ0) is 11.5. The van der Waals surface area contributed by atoms with Gasteiger partial charge in [-0.05, 0) is 53.6 Å². The summed E-state index contributed by atoms with van der Waals surface area (Å²) in [6.45, 7) is 4.33. The molecule has 3 heteroatoms. The number of aliphatic hydroxyl groups is 1. The van der Waals surface area contributed by atoms with Crippen molar-refractivity contribution < 1.29 is 5.11 Å². The summed E-state index contributed by atoms with van der Waals surface area (Å²) in [6.07, 6.45) is 0.430. The molecular weight excluding hydrogens is 301 g/mol. The fourth-order valence-electron chi connectivity index (χ4n) is 1.46. The Morgan fingerprint density at radius 3 is 2.33 bits per heavy atom. The van der Waals surface area contributed by atoms with E-state index < -0.39 is 0 Å². The van der Waals surface area contributed by atoms with Crippen LogP contribution in [-0.4, -0.2) is 17.8 Å². The second kappa shape index (κ2) is 5.27. The molecule has 1 rings (SSSR count). The smallest absolute Gasteiger partial charge is 0.0580 e. The van der Waals surface area contributed by atoms with Gasteiger partial charge in [-0.2, -0.15) is 0 Å². The molecule has 1 aromatic carbocycles. The van der Waals surface area contributed by atoms with Crippen LogP contribution < -0.4 is 5.73 Å². The van der Waals surface area contributed by atoms with Crippen molar-refractivity contribution in [2.45, 2.75) is 26.4 Å². The fraction of sp³-hybridized carbons (Fsp3) is 0.500. The molecule has 1 aromatic rings. The summed E-state index contributed by atoms with van der Waals surface area (Å²) >= 11 is 2.28. The Hall–Kier alpha value is -0.130. The highest BCUT2D eigenvalue weighted by molar-refractivity contribution is 14.1. The Balaban J connectivity index is 2.79. The molecule has 3 N–H and O–H groups in total. The molecule has 0 aromatic heterocycles. The minimum Gasteiger partial charge on any atom is -0.393 e. The van der Waals surface area contributed by atoms with Gasteiger partial charge in [0.25, 0.3) is 0 Å². The number of hydrogen-bond donors (Lipinski definition) is 2. The average molecular weight is 319 g/mol. The van der Waals surface area contributed by atoms with Crippen molar-refractivity contribution in [3.05, 3.63) is 33.4 Å². The van der Waals surface area contributed by atoms with Crippen LogP contribution in [0.5, 0.6) is 0 Å². The first-order chi connectivity index (χ1) is 6.98. The second-order valence-corrected chi connectivity index (χ2v) is 5.58. The van der Waals surface area contributed by atoms with Crippen molar-refractivity contribution in [3.8, 4) is 0 Å². The number of rotatable bonds is 4. The van der Waals surface area contributed by atoms with Gasteiger partial charge in [-0.1, -0.05) is 19.1 Å². The normalized spacial score (nSPS) is 17.1. The van der Waals surface area contributed by atoms with E-state index in [1.54, 1.807) is 6.92 Å². The van der Waals surface area contributed by atoms with Crippen LogP contribution in [0.25, 0.3) is 0 Å². The number of benzene rings is 1. The van der Waals surface area contributed by atoms with Gasteiger partial charge in [0.1, 0.15) is 0 Å². The van der Waals surface area contributed by atoms with Crippen molar-refractivity contribution in [1.29, 1.82) is 0 Å². The second-order valence-electron chi connectivity index (χ2n) is 4.34. The third kappa shape index (κ3) is 3.43. The Morgan fingerprint density at radius 2 is 1.93 bits per heavy atom. The highest BCUT2D eigenvalue weighted by atomic mass is 127. The van der Waals surface area contributed by atoms with E-state index in [1.165, 1.54) is 9.13 Å². The predicted molar refractivity (Wildman–Crippen MR) is 71.7 cm³/mol. The standard InChI is InChI=1S/C12H18INO/c1-9(15)12(2,8-14)7-10-3-5-11(13)6-4-10/h3-6,9,15H,7-8,14H2,1-2H3. The topological polar surface area (TPSA) is 46.2 Å². The molecule has 15 heavy (non-hydrogen) atoms. The summed E-state index contributed by atoms with van der Waals surface area (Å²) in [4.78, 5) is 0. The van der Waals surface area contributed by atoms with Crippen LogP contribution in [0, 0.1) is 8.99 Å². The monoisotopic (exact) mass is 319 g/mol. The first kappa shape index (κ1) is 12.9. The molecule has 0 saturated heterocycles. The summed E-state index contributed by atoms with van der Waals surface area (Å²) in [6, 6.07) is 8.35. The van der Waals surface area contributed by atoms with Gasteiger partial charge < -0.3 is 10.8 Å². The van der Waals surface area contributed by atoms with E-state index in [1.807, 2.05) is 6.92 Å². The lowest BCUT2D eigenvalue weighted by Crippen LogP contribution is -2.39. The van der Waals surface area contributed by atoms with Crippen LogP contribution in [0.1, 0.15) is 19.4 Å². The molecule has 0 saturated carbocycles. The molecule has 84 valence electrons. The van der Waals surface area contributed by atoms with E-state index in [4.69, 9.17) is 5.73 Å². The molecule has 0 fully saturated rings. The highest BCUT2D eigenvalue weighted by Crippen LogP contribution is 2.25. The summed E-state index contributed by atoms with van der Waals surface area (Å²) in [7, 11) is 0. The maximum absolute atomic E-state index is 9.71. The van der Waals surface area contributed by atoms with Gasteiger partial charge in [-0.25, -0.2) is 0 Å². The number of hydrogen-bond acceptors (Lipinski definition) is 2. The van der Waals surface area contributed by atoms with Crippen LogP contribution in [0.3, 0.4) is 0 Å². The molecule has 0 spiro atoms. The first-order valence-corrected chi connectivity index (χ1v) is 6.18. The van der Waals surface area contributed by atoms with E-state index in [9.17, 15) is 5.11 Å². The zero-order valence-corrected chi connectivity index (χ0v) is 11.4. The van der Waals surface area contributed by atoms with Gasteiger partial charge in [0.2, 0.25) is 0 Å². The Kier molecular flexibility index (Phi) is 4.55. The summed E-state index contributed by atoms with van der Waals surface area (Å²) in [5, 5.41) is 9.71. The van der Waals surface area contributed by atoms with Crippen LogP contribution in [-0.2, 0) is 6.42 Å². The van der Waals surface area contributed by atoms with Gasteiger partial charge in [-0.3, -0.25) is 0 Å². The van der Waals surface area contributed by atoms with Crippen molar-refractivity contribution >= 4 is 22.6 Å². The summed E-state index contributed by atoms with van der Waals surface area (Å²) in [5.74, 6) is 0. The first-order valence-electron chi connectivity index (χ1n) is 5.10. The van der Waals surface area contributed by atoms with E-state index in [-0.39, 0.29) is 11.5 Å². The minimum atomic E-state index is -0.387. The van der Waals surface area contributed by atoms with Crippen LogP contribution >= 0.6 is 22.6 Å². The van der Waals surface area contributed by atoms with Gasteiger partial charge >= 0.3 is 0 Å². The number of halogens is 1. The van der Waals surface area contributed by atoms with Gasteiger partial charge in [0.05, 0.1) is 6.10 Å². The molecule has 0 aliphatic heterocycles. The van der Waals surface area contributed by atoms with Gasteiger partial charge in [0, 0.05) is 15.5 Å². The quantitative estimate of drug-likeness (QED) is 0.836. The van der Waals surface area contributed by atoms with Crippen molar-refractivity contribution in [2.24, 2.45) is 11.1 Å². The van der Waals surface area contributed by atoms with Crippen molar-refractivity contribution in [2.75, 3.05) is 6.54 Å². The van der Waals surface area contributed by atoms with E-state index in [0.29, 0.717) is 6.54 Å². The third-order valence-electron chi connectivity index (χ3n) is 3.00. The Labute approximate surface area is 105 Å². The van der Waals surface area contributed by atoms with Crippen LogP contribution in [0.2, 0.25) is 0 Å². The molecule has 0 amide bonds. The molecule has 0 bridgehead atoms. The lowest BCUT2D eigenvalue weighted by molar-refractivity contribution is 0.0589. The lowest BCUT2D eigenvalue weighted by Gasteiger charge is -2.31. The molecule has 0 heterocycles. The largest absolute Gasteiger partial charge is 0.393 e. The molecule has 0 aliphatic carbocycles. The van der Waals surface area contributed by atoms with Crippen LogP contribution in [0.15, 0.2) is 24.3 Å². The Morgan fingerprint density at radius 1 is 1.40 bits per heavy atom. The van der Waals surface area contributed by atoms with E-state index >= 15 is 0 Å². The fourth-order valence-corrected chi connectivity index (χ4v) is 1.82. The average Bonchev–Trinajstić information content (AvgIpc) is 2.21. The maximum Gasteiger partial charge on any atom is 0.0580 e. The maximum atomic E-state index is 9.71. The molecule has 0 radical (unpaired) electrons. The van der Waals surface area contributed by atoms with Crippen molar-refractivity contribution in [1.82, 2.24) is 0 Å². The Bertz CT molecular complexity index is 310. The predicted octanol–water partition coefficient (Wildman–Crippen LogP) is 2.18. The van der Waals surface area contributed by atoms with E-state index in [2.05, 4.69) is 46.9 Å². The molecule has 2 nitrogen and oxygen atoms in total. The van der Waals surface area contributed by atoms with Crippen LogP contribution in [0.4, 0.5) is 0 Å². The summed E-state index contributed by atoms with van der Waals surface area (Å²) < 4.78 is 1.22. The van der Waals surface area contributed by atoms with Gasteiger partial charge in [0.15, 0.2) is 0 Å². The minimum absolute atomic E-state index is 0.229. The third-order valence-corrected chi connectivity index (χ3v) is 3.72. The molecule has 0 aliphatic rings. The highest BCUT2D eigenvalue weighted by Gasteiger charge is 2.28.